The van der Waals surface area contributed by atoms with E-state index in [1.54, 1.807) is 21.3 Å². The monoisotopic (exact) mass is 514 g/mol. The summed E-state index contributed by atoms with van der Waals surface area (Å²) in [5, 5.41) is 10.6. The molecule has 204 valence electrons. The number of methoxy groups -OCH3 is 3. The molecule has 1 N–H and O–H groups in total. The first-order valence-electron chi connectivity index (χ1n) is 13.0. The lowest BCUT2D eigenvalue weighted by Crippen LogP contribution is -2.68. The van der Waals surface area contributed by atoms with Gasteiger partial charge in [-0.1, -0.05) is 38.1 Å². The highest BCUT2D eigenvalue weighted by Gasteiger charge is 2.62. The number of ether oxygens (including phenoxy) is 5. The first-order valence-corrected chi connectivity index (χ1v) is 13.0. The van der Waals surface area contributed by atoms with Crippen LogP contribution in [0.15, 0.2) is 48.5 Å². The minimum Gasteiger partial charge on any atom is -0.497 e. The van der Waals surface area contributed by atoms with Crippen LogP contribution in [-0.2, 0) is 31.8 Å². The smallest absolute Gasteiger partial charge is 0.302 e. The number of esters is 1. The fraction of sp³-hybridized carbons (Fsp3) is 0.567. The number of rotatable bonds is 12. The van der Waals surface area contributed by atoms with Crippen LogP contribution in [0, 0.1) is 10.8 Å². The molecule has 2 aromatic rings. The van der Waals surface area contributed by atoms with Crippen LogP contribution in [0.25, 0.3) is 0 Å². The summed E-state index contributed by atoms with van der Waals surface area (Å²) in [4.78, 5) is 11.8. The van der Waals surface area contributed by atoms with Crippen LogP contribution in [0.2, 0.25) is 0 Å². The second-order valence-corrected chi connectivity index (χ2v) is 9.94. The molecule has 1 heterocycles. The summed E-state index contributed by atoms with van der Waals surface area (Å²) in [6.07, 6.45) is 1.52. The molecule has 1 fully saturated rings. The number of carbonyl (C=O) groups is 1. The van der Waals surface area contributed by atoms with Crippen molar-refractivity contribution in [3.63, 3.8) is 0 Å². The van der Waals surface area contributed by atoms with Gasteiger partial charge in [0.05, 0.1) is 33.0 Å². The Hall–Kier alpha value is -2.61. The molecule has 1 aliphatic heterocycles. The lowest BCUT2D eigenvalue weighted by molar-refractivity contribution is -0.282. The average Bonchev–Trinajstić information content (AvgIpc) is 2.93. The summed E-state index contributed by atoms with van der Waals surface area (Å²) in [5.41, 5.74) is 1.18. The molecule has 0 spiro atoms. The molecule has 5 atom stereocenters. The lowest BCUT2D eigenvalue weighted by atomic mass is 9.55. The zero-order valence-electron chi connectivity index (χ0n) is 23.0. The van der Waals surface area contributed by atoms with E-state index in [-0.39, 0.29) is 25.3 Å². The first kappa shape index (κ1) is 29.0. The van der Waals surface area contributed by atoms with Gasteiger partial charge in [0, 0.05) is 24.9 Å². The number of benzene rings is 2. The van der Waals surface area contributed by atoms with E-state index >= 15 is 0 Å². The van der Waals surface area contributed by atoms with E-state index in [2.05, 4.69) is 38.1 Å². The Morgan fingerprint density at radius 2 is 1.30 bits per heavy atom. The fourth-order valence-electron chi connectivity index (χ4n) is 6.21. The molecular formula is C30H42O7. The molecule has 0 saturated carbocycles. The van der Waals surface area contributed by atoms with Crippen LogP contribution in [0.1, 0.15) is 44.7 Å². The van der Waals surface area contributed by atoms with Crippen molar-refractivity contribution in [2.45, 2.75) is 64.8 Å². The van der Waals surface area contributed by atoms with Crippen LogP contribution < -0.4 is 9.47 Å². The van der Waals surface area contributed by atoms with Gasteiger partial charge in [0.15, 0.2) is 0 Å². The fourth-order valence-corrected chi connectivity index (χ4v) is 6.21. The van der Waals surface area contributed by atoms with Crippen molar-refractivity contribution in [1.82, 2.24) is 0 Å². The van der Waals surface area contributed by atoms with Crippen molar-refractivity contribution in [3.8, 4) is 11.5 Å². The van der Waals surface area contributed by atoms with Gasteiger partial charge in [0.1, 0.15) is 24.2 Å². The Morgan fingerprint density at radius 1 is 0.838 bits per heavy atom. The van der Waals surface area contributed by atoms with E-state index in [1.807, 2.05) is 24.3 Å². The number of carbonyl (C=O) groups excluding carboxylic acids is 1. The number of hydrogen-bond acceptors (Lipinski definition) is 7. The third-order valence-electron chi connectivity index (χ3n) is 8.20. The molecule has 3 rings (SSSR count). The van der Waals surface area contributed by atoms with Crippen molar-refractivity contribution in [2.24, 2.45) is 10.8 Å². The predicted octanol–water partition coefficient (Wildman–Crippen LogP) is 4.62. The number of aliphatic hydroxyl groups excluding tert-OH is 1. The summed E-state index contributed by atoms with van der Waals surface area (Å²) in [6, 6.07) is 16.0. The van der Waals surface area contributed by atoms with Crippen LogP contribution >= 0.6 is 0 Å². The molecule has 0 bridgehead atoms. The van der Waals surface area contributed by atoms with E-state index in [4.69, 9.17) is 23.7 Å². The van der Waals surface area contributed by atoms with Crippen molar-refractivity contribution < 1.29 is 33.6 Å². The minimum atomic E-state index is -0.521. The maximum atomic E-state index is 11.8. The highest BCUT2D eigenvalue weighted by atomic mass is 16.6. The highest BCUT2D eigenvalue weighted by Crippen LogP contribution is 2.55. The second-order valence-electron chi connectivity index (χ2n) is 9.94. The molecule has 37 heavy (non-hydrogen) atoms. The SMILES string of the molecule is CC[C@@]1(Cc2ccc(OC)cc2)[C@H](OC)[C@](CC)(Cc2ccc(OC)cc2)[C@@H](COC(C)=O)O[C@H]1CO. The largest absolute Gasteiger partial charge is 0.497 e. The molecule has 0 aromatic heterocycles. The normalized spacial score (nSPS) is 27.5. The van der Waals surface area contributed by atoms with Crippen molar-refractivity contribution in [2.75, 3.05) is 34.5 Å². The van der Waals surface area contributed by atoms with E-state index in [0.717, 1.165) is 35.5 Å². The van der Waals surface area contributed by atoms with Gasteiger partial charge in [-0.2, -0.15) is 0 Å². The summed E-state index contributed by atoms with van der Waals surface area (Å²) in [6.45, 7) is 5.59. The maximum Gasteiger partial charge on any atom is 0.302 e. The molecule has 7 heteroatoms. The van der Waals surface area contributed by atoms with Crippen molar-refractivity contribution >= 4 is 5.97 Å². The Bertz CT molecular complexity index is 990. The molecule has 0 aliphatic carbocycles. The van der Waals surface area contributed by atoms with E-state index < -0.39 is 23.0 Å². The Morgan fingerprint density at radius 3 is 1.65 bits per heavy atom. The quantitative estimate of drug-likeness (QED) is 0.414. The minimum absolute atomic E-state index is 0.0953. The zero-order valence-corrected chi connectivity index (χ0v) is 23.0. The van der Waals surface area contributed by atoms with Crippen LogP contribution in [-0.4, -0.2) is 63.9 Å². The third-order valence-corrected chi connectivity index (χ3v) is 8.20. The summed E-state index contributed by atoms with van der Waals surface area (Å²) in [7, 11) is 5.04. The van der Waals surface area contributed by atoms with Gasteiger partial charge in [-0.3, -0.25) is 4.79 Å². The second kappa shape index (κ2) is 12.8. The molecule has 1 saturated heterocycles. The molecule has 2 aromatic carbocycles. The van der Waals surface area contributed by atoms with Crippen LogP contribution in [0.5, 0.6) is 11.5 Å². The molecule has 0 unspecified atom stereocenters. The van der Waals surface area contributed by atoms with E-state index in [0.29, 0.717) is 12.8 Å². The van der Waals surface area contributed by atoms with Gasteiger partial charge in [-0.05, 0) is 61.1 Å². The Labute approximate surface area is 221 Å². The highest BCUT2D eigenvalue weighted by molar-refractivity contribution is 5.65. The average molecular weight is 515 g/mol. The number of hydrogen-bond donors (Lipinski definition) is 1. The third kappa shape index (κ3) is 5.95. The van der Waals surface area contributed by atoms with Crippen molar-refractivity contribution in [3.05, 3.63) is 59.7 Å². The predicted molar refractivity (Wildman–Crippen MR) is 142 cm³/mol. The summed E-state index contributed by atoms with van der Waals surface area (Å²) >= 11 is 0. The number of aliphatic hydroxyl groups is 1. The van der Waals surface area contributed by atoms with E-state index in [9.17, 15) is 9.90 Å². The molecule has 0 amide bonds. The zero-order chi connectivity index (χ0) is 27.1. The lowest BCUT2D eigenvalue weighted by Gasteiger charge is -2.60. The summed E-state index contributed by atoms with van der Waals surface area (Å²) < 4.78 is 29.4. The van der Waals surface area contributed by atoms with Crippen molar-refractivity contribution in [1.29, 1.82) is 0 Å². The van der Waals surface area contributed by atoms with Gasteiger partial charge in [0.25, 0.3) is 0 Å². The van der Waals surface area contributed by atoms with Gasteiger partial charge in [-0.15, -0.1) is 0 Å². The molecule has 0 radical (unpaired) electrons. The van der Waals surface area contributed by atoms with Gasteiger partial charge in [-0.25, -0.2) is 0 Å². The summed E-state index contributed by atoms with van der Waals surface area (Å²) in [5.74, 6) is 1.22. The molecular weight excluding hydrogens is 472 g/mol. The topological polar surface area (TPSA) is 83.5 Å². The first-order chi connectivity index (χ1) is 17.8. The van der Waals surface area contributed by atoms with Gasteiger partial charge < -0.3 is 28.8 Å². The van der Waals surface area contributed by atoms with E-state index in [1.165, 1.54) is 6.92 Å². The Kier molecular flexibility index (Phi) is 9.99. The molecule has 1 aliphatic rings. The van der Waals surface area contributed by atoms with Crippen LogP contribution in [0.4, 0.5) is 0 Å². The maximum absolute atomic E-state index is 11.8. The van der Waals surface area contributed by atoms with Crippen LogP contribution in [0.3, 0.4) is 0 Å². The van der Waals surface area contributed by atoms with Gasteiger partial charge in [0.2, 0.25) is 0 Å². The van der Waals surface area contributed by atoms with Gasteiger partial charge >= 0.3 is 5.97 Å². The standard InChI is InChI=1S/C30H42O7/c1-7-29(17-22-9-13-24(33-4)14-10-22)26(19-31)37-27(20-36-21(3)32)30(8-2,28(29)35-6)18-23-11-15-25(34-5)16-12-23/h9-16,26-28,31H,7-8,17-20H2,1-6H3/t26-,27+,28-,29-,30+/m0/s1. The Balaban J connectivity index is 2.12. The molecule has 7 nitrogen and oxygen atoms in total.